The van der Waals surface area contributed by atoms with E-state index < -0.39 is 0 Å². The first-order valence-corrected chi connectivity index (χ1v) is 17.7. The molecule has 0 rings (SSSR count). The van der Waals surface area contributed by atoms with Crippen LogP contribution in [-0.2, 0) is 9.53 Å². The molecule has 3 unspecified atom stereocenters. The summed E-state index contributed by atoms with van der Waals surface area (Å²) in [5, 5.41) is 0. The topological polar surface area (TPSA) is 26.3 Å². The molecule has 0 fully saturated rings. The van der Waals surface area contributed by atoms with Crippen molar-refractivity contribution in [1.29, 1.82) is 0 Å². The fourth-order valence-corrected chi connectivity index (χ4v) is 6.43. The van der Waals surface area contributed by atoms with Crippen molar-refractivity contribution in [2.75, 3.05) is 6.61 Å². The molecule has 0 saturated carbocycles. The Bertz CT molecular complexity index is 488. The second kappa shape index (κ2) is 28.0. The molecule has 0 aromatic heterocycles. The Kier molecular flexibility index (Phi) is 27.6. The van der Waals surface area contributed by atoms with E-state index in [2.05, 4.69) is 41.5 Å². The van der Waals surface area contributed by atoms with Gasteiger partial charge in [0.25, 0.3) is 0 Å². The van der Waals surface area contributed by atoms with E-state index in [1.54, 1.807) is 0 Å². The standard InChI is InChI=1S/C36H72O2/c1-7-12-14-16-19-24-29-35(26-9-3)36(37)38-30-25-21-18-17-20-23-28-33(10-4)34(11-5)31-32(6)27-22-15-13-8-2/h32-35H,7-31H2,1-6H3/t32-,33?,34?,35?/m1/s1. The van der Waals surface area contributed by atoms with Crippen molar-refractivity contribution in [2.45, 2.75) is 196 Å². The highest BCUT2D eigenvalue weighted by Gasteiger charge is 2.21. The van der Waals surface area contributed by atoms with E-state index in [9.17, 15) is 4.79 Å². The normalized spacial score (nSPS) is 14.8. The second-order valence-corrected chi connectivity index (χ2v) is 12.6. The number of hydrogen-bond acceptors (Lipinski definition) is 2. The summed E-state index contributed by atoms with van der Waals surface area (Å²) in [5.74, 6) is 2.95. The van der Waals surface area contributed by atoms with Crippen LogP contribution in [0.25, 0.3) is 0 Å². The fraction of sp³-hybridized carbons (Fsp3) is 0.972. The number of carbonyl (C=O) groups is 1. The van der Waals surface area contributed by atoms with E-state index in [0.717, 1.165) is 43.4 Å². The highest BCUT2D eigenvalue weighted by Crippen LogP contribution is 2.32. The van der Waals surface area contributed by atoms with Crippen LogP contribution < -0.4 is 0 Å². The van der Waals surface area contributed by atoms with Crippen LogP contribution in [0.2, 0.25) is 0 Å². The van der Waals surface area contributed by atoms with Crippen LogP contribution in [0, 0.1) is 23.7 Å². The molecule has 0 N–H and O–H groups in total. The predicted molar refractivity (Wildman–Crippen MR) is 170 cm³/mol. The third kappa shape index (κ3) is 21.3. The van der Waals surface area contributed by atoms with E-state index >= 15 is 0 Å². The van der Waals surface area contributed by atoms with Gasteiger partial charge in [-0.25, -0.2) is 0 Å². The third-order valence-corrected chi connectivity index (χ3v) is 9.06. The molecule has 228 valence electrons. The minimum atomic E-state index is 0.0757. The van der Waals surface area contributed by atoms with E-state index in [1.807, 2.05) is 0 Å². The highest BCUT2D eigenvalue weighted by atomic mass is 16.5. The van der Waals surface area contributed by atoms with Gasteiger partial charge in [0.1, 0.15) is 0 Å². The van der Waals surface area contributed by atoms with E-state index in [4.69, 9.17) is 4.74 Å². The van der Waals surface area contributed by atoms with Gasteiger partial charge in [-0.2, -0.15) is 0 Å². The first-order chi connectivity index (χ1) is 18.5. The molecule has 0 aliphatic carbocycles. The Labute approximate surface area is 241 Å². The Hall–Kier alpha value is -0.530. The van der Waals surface area contributed by atoms with Crippen molar-refractivity contribution in [3.05, 3.63) is 0 Å². The monoisotopic (exact) mass is 537 g/mol. The Balaban J connectivity index is 3.95. The SMILES string of the molecule is CCCCCCCCC(CCC)C(=O)OCCCCCCCCC(CC)C(CC)C[C@H](C)CCCCCC. The molecule has 2 nitrogen and oxygen atoms in total. The van der Waals surface area contributed by atoms with Gasteiger partial charge in [0.15, 0.2) is 0 Å². The Morgan fingerprint density at radius 1 is 0.526 bits per heavy atom. The minimum absolute atomic E-state index is 0.0757. The summed E-state index contributed by atoms with van der Waals surface area (Å²) in [7, 11) is 0. The van der Waals surface area contributed by atoms with E-state index in [-0.39, 0.29) is 11.9 Å². The molecule has 0 radical (unpaired) electrons. The zero-order valence-corrected chi connectivity index (χ0v) is 27.3. The van der Waals surface area contributed by atoms with Crippen molar-refractivity contribution >= 4 is 5.97 Å². The van der Waals surface area contributed by atoms with Crippen LogP contribution in [0.3, 0.4) is 0 Å². The quantitative estimate of drug-likeness (QED) is 0.0701. The van der Waals surface area contributed by atoms with Crippen molar-refractivity contribution in [3.63, 3.8) is 0 Å². The summed E-state index contributed by atoms with van der Waals surface area (Å²) in [4.78, 5) is 12.6. The van der Waals surface area contributed by atoms with Crippen LogP contribution in [0.4, 0.5) is 0 Å². The number of rotatable bonds is 29. The molecule has 4 atom stereocenters. The Morgan fingerprint density at radius 2 is 1.03 bits per heavy atom. The summed E-state index contributed by atoms with van der Waals surface area (Å²) in [6.45, 7) is 14.7. The lowest BCUT2D eigenvalue weighted by Gasteiger charge is -2.28. The maximum Gasteiger partial charge on any atom is 0.308 e. The first-order valence-electron chi connectivity index (χ1n) is 17.7. The van der Waals surface area contributed by atoms with Gasteiger partial charge >= 0.3 is 5.97 Å². The smallest absolute Gasteiger partial charge is 0.308 e. The third-order valence-electron chi connectivity index (χ3n) is 9.06. The van der Waals surface area contributed by atoms with Crippen LogP contribution in [-0.4, -0.2) is 12.6 Å². The van der Waals surface area contributed by atoms with Crippen LogP contribution >= 0.6 is 0 Å². The molecule has 0 saturated heterocycles. The number of esters is 1. The zero-order chi connectivity index (χ0) is 28.3. The molecule has 0 aliphatic rings. The van der Waals surface area contributed by atoms with Gasteiger partial charge in [-0.05, 0) is 43.4 Å². The maximum atomic E-state index is 12.6. The molecule has 38 heavy (non-hydrogen) atoms. The largest absolute Gasteiger partial charge is 0.465 e. The molecule has 2 heteroatoms. The zero-order valence-electron chi connectivity index (χ0n) is 27.3. The van der Waals surface area contributed by atoms with Gasteiger partial charge in [0.2, 0.25) is 0 Å². The van der Waals surface area contributed by atoms with Gasteiger partial charge in [0.05, 0.1) is 12.5 Å². The summed E-state index contributed by atoms with van der Waals surface area (Å²) < 4.78 is 5.69. The fourth-order valence-electron chi connectivity index (χ4n) is 6.43. The number of ether oxygens (including phenoxy) is 1. The maximum absolute atomic E-state index is 12.6. The summed E-state index contributed by atoms with van der Waals surface area (Å²) in [5.41, 5.74) is 0. The Morgan fingerprint density at radius 3 is 1.61 bits per heavy atom. The van der Waals surface area contributed by atoms with Crippen molar-refractivity contribution in [2.24, 2.45) is 23.7 Å². The molecule has 0 spiro atoms. The predicted octanol–water partition coefficient (Wildman–Crippen LogP) is 12.5. The summed E-state index contributed by atoms with van der Waals surface area (Å²) in [6.07, 6.45) is 31.1. The summed E-state index contributed by atoms with van der Waals surface area (Å²) in [6, 6.07) is 0. The molecule has 0 aromatic rings. The molecule has 0 aliphatic heterocycles. The lowest BCUT2D eigenvalue weighted by atomic mass is 9.78. The molecule has 0 heterocycles. The average Bonchev–Trinajstić information content (AvgIpc) is 2.92. The van der Waals surface area contributed by atoms with Gasteiger partial charge in [-0.15, -0.1) is 0 Å². The number of hydrogen-bond donors (Lipinski definition) is 0. The van der Waals surface area contributed by atoms with Gasteiger partial charge in [0, 0.05) is 0 Å². The number of carbonyl (C=O) groups excluding carboxylic acids is 1. The molecule has 0 aromatic carbocycles. The van der Waals surface area contributed by atoms with Gasteiger partial charge < -0.3 is 4.74 Å². The minimum Gasteiger partial charge on any atom is -0.465 e. The second-order valence-electron chi connectivity index (χ2n) is 12.6. The number of unbranched alkanes of at least 4 members (excludes halogenated alkanes) is 13. The molecule has 0 amide bonds. The van der Waals surface area contributed by atoms with Crippen LogP contribution in [0.1, 0.15) is 196 Å². The lowest BCUT2D eigenvalue weighted by molar-refractivity contribution is -0.149. The van der Waals surface area contributed by atoms with Crippen molar-refractivity contribution in [3.8, 4) is 0 Å². The van der Waals surface area contributed by atoms with E-state index in [1.165, 1.54) is 128 Å². The first kappa shape index (κ1) is 37.5. The average molecular weight is 537 g/mol. The molecule has 0 bridgehead atoms. The van der Waals surface area contributed by atoms with Crippen LogP contribution in [0.5, 0.6) is 0 Å². The van der Waals surface area contributed by atoms with Crippen molar-refractivity contribution < 1.29 is 9.53 Å². The molecular formula is C36H72O2. The molecular weight excluding hydrogens is 464 g/mol. The van der Waals surface area contributed by atoms with E-state index in [0.29, 0.717) is 6.61 Å². The van der Waals surface area contributed by atoms with Crippen LogP contribution in [0.15, 0.2) is 0 Å². The lowest BCUT2D eigenvalue weighted by Crippen LogP contribution is -2.18. The summed E-state index contributed by atoms with van der Waals surface area (Å²) >= 11 is 0. The van der Waals surface area contributed by atoms with Gasteiger partial charge in [-0.3, -0.25) is 4.79 Å². The van der Waals surface area contributed by atoms with Crippen molar-refractivity contribution in [1.82, 2.24) is 0 Å². The highest BCUT2D eigenvalue weighted by molar-refractivity contribution is 5.72. The van der Waals surface area contributed by atoms with Gasteiger partial charge in [-0.1, -0.05) is 170 Å².